The largest absolute Gasteiger partial charge is 0.481 e. The van der Waals surface area contributed by atoms with Crippen LogP contribution in [0.5, 0.6) is 5.88 Å². The molecule has 1 aliphatic rings. The molecule has 1 fully saturated rings. The number of pyridine rings is 1. The molecular weight excluding hydrogens is 262 g/mol. The molecule has 0 saturated carbocycles. The van der Waals surface area contributed by atoms with Gasteiger partial charge in [0.25, 0.3) is 0 Å². The van der Waals surface area contributed by atoms with Gasteiger partial charge in [-0.05, 0) is 25.3 Å². The minimum absolute atomic E-state index is 0.255. The number of nitrogens with one attached hydrogen (secondary N) is 1. The van der Waals surface area contributed by atoms with Crippen molar-refractivity contribution in [1.29, 1.82) is 0 Å². The second-order valence-electron chi connectivity index (χ2n) is 6.01. The highest BCUT2D eigenvalue weighted by molar-refractivity contribution is 5.16. The molecule has 1 N–H and O–H groups in total. The zero-order valence-electron chi connectivity index (χ0n) is 13.9. The summed E-state index contributed by atoms with van der Waals surface area (Å²) in [5.74, 6) is 0.702. The van der Waals surface area contributed by atoms with Crippen LogP contribution in [0.4, 0.5) is 0 Å². The maximum absolute atomic E-state index is 5.24. The van der Waals surface area contributed by atoms with Gasteiger partial charge in [0.2, 0.25) is 5.88 Å². The van der Waals surface area contributed by atoms with Crippen LogP contribution < -0.4 is 10.1 Å². The van der Waals surface area contributed by atoms with Gasteiger partial charge in [0.1, 0.15) is 0 Å². The first-order valence-corrected chi connectivity index (χ1v) is 8.15. The second-order valence-corrected chi connectivity index (χ2v) is 6.01. The number of ether oxygens (including phenoxy) is 1. The highest BCUT2D eigenvalue weighted by Gasteiger charge is 2.36. The van der Waals surface area contributed by atoms with Crippen LogP contribution in [0.3, 0.4) is 0 Å². The average Bonchev–Trinajstić information content (AvgIpc) is 2.55. The molecule has 0 spiro atoms. The van der Waals surface area contributed by atoms with Crippen molar-refractivity contribution in [3.05, 3.63) is 23.9 Å². The summed E-state index contributed by atoms with van der Waals surface area (Å²) in [6, 6.07) is 6.61. The number of aromatic nitrogens is 1. The van der Waals surface area contributed by atoms with Gasteiger partial charge in [-0.2, -0.15) is 0 Å². The molecule has 118 valence electrons. The summed E-state index contributed by atoms with van der Waals surface area (Å²) >= 11 is 0. The van der Waals surface area contributed by atoms with Gasteiger partial charge >= 0.3 is 0 Å². The van der Waals surface area contributed by atoms with E-state index in [1.807, 2.05) is 12.1 Å². The van der Waals surface area contributed by atoms with E-state index in [9.17, 15) is 0 Å². The third kappa shape index (κ3) is 3.74. The molecule has 0 bridgehead atoms. The van der Waals surface area contributed by atoms with E-state index < -0.39 is 0 Å². The number of piperazine rings is 1. The van der Waals surface area contributed by atoms with E-state index in [2.05, 4.69) is 42.0 Å². The van der Waals surface area contributed by atoms with Gasteiger partial charge in [-0.3, -0.25) is 4.90 Å². The fourth-order valence-corrected chi connectivity index (χ4v) is 3.22. The topological polar surface area (TPSA) is 37.4 Å². The van der Waals surface area contributed by atoms with Crippen molar-refractivity contribution in [3.8, 4) is 5.88 Å². The SMILES string of the molecule is CCC1CNC(CC)(CC)CN1Cc1cccc(OC)n1. The maximum Gasteiger partial charge on any atom is 0.213 e. The number of methoxy groups -OCH3 is 1. The number of nitrogens with zero attached hydrogens (tertiary/aromatic N) is 2. The molecule has 1 atom stereocenters. The van der Waals surface area contributed by atoms with Crippen molar-refractivity contribution in [2.24, 2.45) is 0 Å². The molecule has 4 heteroatoms. The Morgan fingerprint density at radius 1 is 1.33 bits per heavy atom. The van der Waals surface area contributed by atoms with Gasteiger partial charge < -0.3 is 10.1 Å². The summed E-state index contributed by atoms with van der Waals surface area (Å²) in [6.45, 7) is 9.90. The van der Waals surface area contributed by atoms with Crippen LogP contribution in [-0.4, -0.2) is 41.7 Å². The normalized spacial score (nSPS) is 22.2. The molecule has 0 aliphatic carbocycles. The molecule has 0 radical (unpaired) electrons. The third-order valence-corrected chi connectivity index (χ3v) is 4.92. The second kappa shape index (κ2) is 7.23. The van der Waals surface area contributed by atoms with E-state index >= 15 is 0 Å². The Morgan fingerprint density at radius 2 is 2.10 bits per heavy atom. The maximum atomic E-state index is 5.24. The summed E-state index contributed by atoms with van der Waals surface area (Å²) in [5, 5.41) is 3.78. The van der Waals surface area contributed by atoms with Gasteiger partial charge in [-0.25, -0.2) is 4.98 Å². The molecule has 1 aliphatic heterocycles. The number of rotatable bonds is 6. The first-order chi connectivity index (χ1) is 10.2. The predicted molar refractivity (Wildman–Crippen MR) is 86.6 cm³/mol. The zero-order valence-corrected chi connectivity index (χ0v) is 13.9. The van der Waals surface area contributed by atoms with Crippen LogP contribution in [0.1, 0.15) is 45.7 Å². The van der Waals surface area contributed by atoms with Gasteiger partial charge in [0.05, 0.1) is 12.8 Å². The van der Waals surface area contributed by atoms with Crippen molar-refractivity contribution in [1.82, 2.24) is 15.2 Å². The van der Waals surface area contributed by atoms with Crippen molar-refractivity contribution in [2.75, 3.05) is 20.2 Å². The average molecular weight is 291 g/mol. The van der Waals surface area contributed by atoms with Gasteiger partial charge in [-0.15, -0.1) is 0 Å². The fourth-order valence-electron chi connectivity index (χ4n) is 3.22. The predicted octanol–water partition coefficient (Wildman–Crippen LogP) is 2.83. The molecule has 4 nitrogen and oxygen atoms in total. The quantitative estimate of drug-likeness (QED) is 0.874. The Kier molecular flexibility index (Phi) is 5.59. The smallest absolute Gasteiger partial charge is 0.213 e. The zero-order chi connectivity index (χ0) is 15.3. The first kappa shape index (κ1) is 16.2. The Balaban J connectivity index is 2.13. The van der Waals surface area contributed by atoms with E-state index in [0.717, 1.165) is 25.3 Å². The van der Waals surface area contributed by atoms with Crippen LogP contribution in [0, 0.1) is 0 Å². The molecule has 21 heavy (non-hydrogen) atoms. The molecule has 1 aromatic heterocycles. The Morgan fingerprint density at radius 3 is 2.71 bits per heavy atom. The van der Waals surface area contributed by atoms with Crippen LogP contribution in [-0.2, 0) is 6.54 Å². The van der Waals surface area contributed by atoms with Crippen LogP contribution in [0.2, 0.25) is 0 Å². The number of hydrogen-bond acceptors (Lipinski definition) is 4. The minimum Gasteiger partial charge on any atom is -0.481 e. The van der Waals surface area contributed by atoms with Gasteiger partial charge in [-0.1, -0.05) is 26.8 Å². The van der Waals surface area contributed by atoms with E-state index in [-0.39, 0.29) is 5.54 Å². The highest BCUT2D eigenvalue weighted by Crippen LogP contribution is 2.25. The lowest BCUT2D eigenvalue weighted by atomic mass is 9.88. The minimum atomic E-state index is 0.255. The lowest BCUT2D eigenvalue weighted by Gasteiger charge is -2.47. The monoisotopic (exact) mass is 291 g/mol. The number of hydrogen-bond donors (Lipinski definition) is 1. The van der Waals surface area contributed by atoms with Crippen LogP contribution in [0.15, 0.2) is 18.2 Å². The molecule has 2 rings (SSSR count). The van der Waals surface area contributed by atoms with E-state index in [1.165, 1.54) is 19.3 Å². The lowest BCUT2D eigenvalue weighted by Crippen LogP contribution is -2.63. The molecule has 2 heterocycles. The molecule has 0 amide bonds. The van der Waals surface area contributed by atoms with Crippen molar-refractivity contribution < 1.29 is 4.74 Å². The molecule has 1 saturated heterocycles. The molecule has 1 unspecified atom stereocenters. The summed E-state index contributed by atoms with van der Waals surface area (Å²) in [5.41, 5.74) is 1.35. The highest BCUT2D eigenvalue weighted by atomic mass is 16.5. The van der Waals surface area contributed by atoms with Crippen LogP contribution in [0.25, 0.3) is 0 Å². The van der Waals surface area contributed by atoms with Crippen molar-refractivity contribution in [2.45, 2.75) is 58.2 Å². The third-order valence-electron chi connectivity index (χ3n) is 4.92. The summed E-state index contributed by atoms with van der Waals surface area (Å²) in [4.78, 5) is 7.16. The Labute approximate surface area is 128 Å². The summed E-state index contributed by atoms with van der Waals surface area (Å²) < 4.78 is 5.24. The summed E-state index contributed by atoms with van der Waals surface area (Å²) in [7, 11) is 1.67. The van der Waals surface area contributed by atoms with E-state index in [4.69, 9.17) is 4.74 Å². The van der Waals surface area contributed by atoms with E-state index in [1.54, 1.807) is 7.11 Å². The van der Waals surface area contributed by atoms with E-state index in [0.29, 0.717) is 11.9 Å². The van der Waals surface area contributed by atoms with Crippen molar-refractivity contribution in [3.63, 3.8) is 0 Å². The first-order valence-electron chi connectivity index (χ1n) is 8.15. The fraction of sp³-hybridized carbons (Fsp3) is 0.706. The summed E-state index contributed by atoms with van der Waals surface area (Å²) in [6.07, 6.45) is 3.50. The van der Waals surface area contributed by atoms with Gasteiger partial charge in [0.15, 0.2) is 0 Å². The lowest BCUT2D eigenvalue weighted by molar-refractivity contribution is 0.0632. The Hall–Kier alpha value is -1.13. The van der Waals surface area contributed by atoms with Crippen molar-refractivity contribution >= 4 is 0 Å². The van der Waals surface area contributed by atoms with Crippen LogP contribution >= 0.6 is 0 Å². The molecular formula is C17H29N3O. The van der Waals surface area contributed by atoms with Gasteiger partial charge in [0, 0.05) is 37.3 Å². The molecule has 0 aromatic carbocycles. The molecule has 1 aromatic rings. The standard InChI is InChI=1S/C17H29N3O/c1-5-15-11-18-17(6-2,7-3)13-20(15)12-14-9-8-10-16(19-14)21-4/h8-10,15,18H,5-7,11-13H2,1-4H3. The Bertz CT molecular complexity index is 445.